The minimum Gasteiger partial charge on any atom is -0.444 e. The molecule has 11 heteroatoms. The first-order valence-electron chi connectivity index (χ1n) is 17.2. The zero-order chi connectivity index (χ0) is 36.3. The van der Waals surface area contributed by atoms with Crippen molar-refractivity contribution < 1.29 is 27.8 Å². The van der Waals surface area contributed by atoms with E-state index in [0.29, 0.717) is 12.2 Å². The average molecular weight is 696 g/mol. The number of carbonyl (C=O) groups excluding carboxylic acids is 2. The first-order chi connectivity index (χ1) is 24.3. The summed E-state index contributed by atoms with van der Waals surface area (Å²) in [7, 11) is 0. The number of rotatable bonds is 9. The Morgan fingerprint density at radius 1 is 1.02 bits per heavy atom. The Kier molecular flexibility index (Phi) is 10.5. The standard InChI is InChI=1S/C40H43F2N5O4/c1-24-17-33-34(18-25(24)2)46-38(45-33)36-23-50-29(22-47(36)39(49)51-40(3,4)5)15-16-30-32(42)20-43-21-35(30)44-37(48)19-31(26-9-7-6-8-10-26)27-11-13-28(41)14-12-27/h6-14,17-18,20-21,29,31,36H,15-16,19,22-23H2,1-5H3,(H,44,48)(H,45,46)/t29-,31?,36+/m1/s1. The van der Waals surface area contributed by atoms with E-state index in [1.54, 1.807) is 17.0 Å². The number of hydrogen-bond donors (Lipinski definition) is 2. The van der Waals surface area contributed by atoms with Gasteiger partial charge in [0.2, 0.25) is 5.91 Å². The number of halogens is 2. The number of imidazole rings is 1. The van der Waals surface area contributed by atoms with Crippen molar-refractivity contribution in [3.63, 3.8) is 0 Å². The molecule has 2 N–H and O–H groups in total. The van der Waals surface area contributed by atoms with E-state index in [1.807, 2.05) is 77.1 Å². The molecule has 2 aromatic heterocycles. The maximum Gasteiger partial charge on any atom is 0.411 e. The summed E-state index contributed by atoms with van der Waals surface area (Å²) in [5.41, 5.74) is 5.42. The molecule has 1 fully saturated rings. The van der Waals surface area contributed by atoms with Gasteiger partial charge in [0.1, 0.15) is 29.1 Å². The normalized spacial score (nSPS) is 17.0. The summed E-state index contributed by atoms with van der Waals surface area (Å²) in [6, 6.07) is 19.1. The minimum absolute atomic E-state index is 0.0461. The number of fused-ring (bicyclic) bond motifs is 1. The molecule has 1 aliphatic heterocycles. The van der Waals surface area contributed by atoms with E-state index in [9.17, 15) is 14.0 Å². The molecule has 1 saturated heterocycles. The summed E-state index contributed by atoms with van der Waals surface area (Å²) in [5.74, 6) is -1.02. The van der Waals surface area contributed by atoms with E-state index in [0.717, 1.165) is 39.5 Å². The molecular weight excluding hydrogens is 652 g/mol. The lowest BCUT2D eigenvalue weighted by Gasteiger charge is -2.39. The number of nitrogens with zero attached hydrogens (tertiary/aromatic N) is 3. The maximum atomic E-state index is 15.3. The van der Waals surface area contributed by atoms with Crippen LogP contribution in [-0.2, 0) is 20.7 Å². The van der Waals surface area contributed by atoms with Gasteiger partial charge in [0.05, 0.1) is 48.4 Å². The van der Waals surface area contributed by atoms with Crippen LogP contribution in [0.25, 0.3) is 11.0 Å². The number of H-pyrrole nitrogens is 1. The third-order valence-corrected chi connectivity index (χ3v) is 9.18. The molecule has 0 aliphatic carbocycles. The highest BCUT2D eigenvalue weighted by Gasteiger charge is 2.37. The van der Waals surface area contributed by atoms with Crippen LogP contribution in [-0.4, -0.2) is 56.7 Å². The number of amides is 2. The van der Waals surface area contributed by atoms with Crippen molar-refractivity contribution in [2.75, 3.05) is 18.5 Å². The topological polar surface area (TPSA) is 109 Å². The van der Waals surface area contributed by atoms with Crippen molar-refractivity contribution in [3.8, 4) is 0 Å². The van der Waals surface area contributed by atoms with E-state index in [1.165, 1.54) is 18.3 Å². The van der Waals surface area contributed by atoms with Crippen LogP contribution in [0, 0.1) is 25.5 Å². The molecule has 0 radical (unpaired) electrons. The van der Waals surface area contributed by atoms with Crippen LogP contribution in [0.2, 0.25) is 0 Å². The minimum atomic E-state index is -0.721. The van der Waals surface area contributed by atoms with Gasteiger partial charge in [-0.15, -0.1) is 0 Å². The molecule has 0 bridgehead atoms. The fraction of sp³-hybridized carbons (Fsp3) is 0.350. The number of nitrogens with one attached hydrogen (secondary N) is 2. The molecule has 6 rings (SSSR count). The second-order valence-electron chi connectivity index (χ2n) is 14.1. The highest BCUT2D eigenvalue weighted by atomic mass is 19.1. The summed E-state index contributed by atoms with van der Waals surface area (Å²) >= 11 is 0. The Morgan fingerprint density at radius 2 is 1.73 bits per heavy atom. The molecule has 2 amide bonds. The van der Waals surface area contributed by atoms with E-state index < -0.39 is 29.7 Å². The van der Waals surface area contributed by atoms with Gasteiger partial charge in [-0.25, -0.2) is 18.6 Å². The van der Waals surface area contributed by atoms with Crippen molar-refractivity contribution in [3.05, 3.63) is 124 Å². The fourth-order valence-corrected chi connectivity index (χ4v) is 6.41. The number of hydrogen-bond acceptors (Lipinski definition) is 6. The lowest BCUT2D eigenvalue weighted by Crippen LogP contribution is -2.49. The average Bonchev–Trinajstić information content (AvgIpc) is 3.49. The number of ether oxygens (including phenoxy) is 2. The van der Waals surface area contributed by atoms with Crippen LogP contribution in [0.3, 0.4) is 0 Å². The van der Waals surface area contributed by atoms with E-state index in [4.69, 9.17) is 14.5 Å². The quantitative estimate of drug-likeness (QED) is 0.161. The SMILES string of the molecule is Cc1cc2nc([C@@H]3CO[C@H](CCc4c(F)cncc4NC(=O)CC(c4ccccc4)c4ccc(F)cc4)CN3C(=O)OC(C)(C)C)[nH]c2cc1C. The van der Waals surface area contributed by atoms with Gasteiger partial charge >= 0.3 is 6.09 Å². The van der Waals surface area contributed by atoms with E-state index in [2.05, 4.69) is 15.3 Å². The summed E-state index contributed by atoms with van der Waals surface area (Å²) in [6.07, 6.45) is 2.23. The van der Waals surface area contributed by atoms with Crippen LogP contribution in [0.15, 0.2) is 79.1 Å². The number of aryl methyl sites for hydroxylation is 2. The van der Waals surface area contributed by atoms with Crippen LogP contribution in [0.5, 0.6) is 0 Å². The number of carbonyl (C=O) groups is 2. The summed E-state index contributed by atoms with van der Waals surface area (Å²) in [6.45, 7) is 9.86. The molecule has 9 nitrogen and oxygen atoms in total. The summed E-state index contributed by atoms with van der Waals surface area (Å²) < 4.78 is 41.1. The van der Waals surface area contributed by atoms with Crippen LogP contribution in [0.4, 0.5) is 19.3 Å². The van der Waals surface area contributed by atoms with Crippen LogP contribution in [0.1, 0.15) is 79.2 Å². The molecular formula is C40H43F2N5O4. The molecule has 1 aliphatic rings. The van der Waals surface area contributed by atoms with Crippen LogP contribution >= 0.6 is 0 Å². The monoisotopic (exact) mass is 695 g/mol. The molecule has 51 heavy (non-hydrogen) atoms. The zero-order valence-corrected chi connectivity index (χ0v) is 29.5. The lowest BCUT2D eigenvalue weighted by atomic mass is 9.88. The van der Waals surface area contributed by atoms with Crippen molar-refractivity contribution in [1.29, 1.82) is 0 Å². The van der Waals surface area contributed by atoms with Gasteiger partial charge in [-0.1, -0.05) is 42.5 Å². The van der Waals surface area contributed by atoms with E-state index in [-0.39, 0.29) is 54.9 Å². The van der Waals surface area contributed by atoms with Gasteiger partial charge in [0, 0.05) is 17.9 Å². The highest BCUT2D eigenvalue weighted by Crippen LogP contribution is 2.32. The Balaban J connectivity index is 1.17. The van der Waals surface area contributed by atoms with Crippen molar-refractivity contribution in [1.82, 2.24) is 19.9 Å². The fourth-order valence-electron chi connectivity index (χ4n) is 6.41. The highest BCUT2D eigenvalue weighted by molar-refractivity contribution is 5.92. The number of aromatic amines is 1. The van der Waals surface area contributed by atoms with Gasteiger partial charge in [-0.05, 0) is 94.0 Å². The van der Waals surface area contributed by atoms with Gasteiger partial charge in [-0.3, -0.25) is 14.7 Å². The maximum absolute atomic E-state index is 15.3. The molecule has 0 spiro atoms. The van der Waals surface area contributed by atoms with Crippen LogP contribution < -0.4 is 5.32 Å². The van der Waals surface area contributed by atoms with Gasteiger partial charge in [-0.2, -0.15) is 0 Å². The van der Waals surface area contributed by atoms with Gasteiger partial charge in [0.15, 0.2) is 0 Å². The molecule has 266 valence electrons. The molecule has 5 aromatic rings. The number of anilines is 1. The number of pyridine rings is 1. The van der Waals surface area contributed by atoms with E-state index >= 15 is 4.39 Å². The molecule has 3 aromatic carbocycles. The third kappa shape index (κ3) is 8.60. The van der Waals surface area contributed by atoms with Crippen molar-refractivity contribution in [2.45, 2.75) is 77.5 Å². The first kappa shape index (κ1) is 35.7. The Bertz CT molecular complexity index is 1970. The second-order valence-corrected chi connectivity index (χ2v) is 14.1. The molecule has 3 heterocycles. The van der Waals surface area contributed by atoms with Crippen molar-refractivity contribution >= 4 is 28.7 Å². The summed E-state index contributed by atoms with van der Waals surface area (Å²) in [5, 5.41) is 2.87. The third-order valence-electron chi connectivity index (χ3n) is 9.18. The Hall–Kier alpha value is -5.16. The number of aromatic nitrogens is 3. The lowest BCUT2D eigenvalue weighted by molar-refractivity contribution is -0.116. The van der Waals surface area contributed by atoms with Crippen molar-refractivity contribution in [2.24, 2.45) is 0 Å². The molecule has 3 atom stereocenters. The molecule has 1 unspecified atom stereocenters. The largest absolute Gasteiger partial charge is 0.444 e. The Morgan fingerprint density at radius 3 is 2.45 bits per heavy atom. The van der Waals surface area contributed by atoms with Gasteiger partial charge in [0.25, 0.3) is 0 Å². The zero-order valence-electron chi connectivity index (χ0n) is 29.5. The Labute approximate surface area is 296 Å². The molecule has 0 saturated carbocycles. The summed E-state index contributed by atoms with van der Waals surface area (Å²) in [4.78, 5) is 40.8. The predicted molar refractivity (Wildman–Crippen MR) is 191 cm³/mol. The first-order valence-corrected chi connectivity index (χ1v) is 17.2. The van der Waals surface area contributed by atoms with Gasteiger partial charge < -0.3 is 19.8 Å². The predicted octanol–water partition coefficient (Wildman–Crippen LogP) is 8.32. The number of morpholine rings is 1. The number of benzene rings is 3. The second kappa shape index (κ2) is 15.0. The smallest absolute Gasteiger partial charge is 0.411 e.